The summed E-state index contributed by atoms with van der Waals surface area (Å²) in [5.74, 6) is 0.317. The van der Waals surface area contributed by atoms with Gasteiger partial charge in [-0.25, -0.2) is 4.79 Å². The van der Waals surface area contributed by atoms with Crippen molar-refractivity contribution in [1.82, 2.24) is 5.32 Å². The van der Waals surface area contributed by atoms with Gasteiger partial charge in [0, 0.05) is 11.0 Å². The second-order valence-electron chi connectivity index (χ2n) is 4.03. The Hall–Kier alpha value is -1.59. The highest BCUT2D eigenvalue weighted by Gasteiger charge is 2.09. The topological polar surface area (TPSA) is 51.5 Å². The van der Waals surface area contributed by atoms with E-state index in [0.717, 1.165) is 11.0 Å². The molecule has 1 N–H and O–H groups in total. The Labute approximate surface area is 119 Å². The van der Waals surface area contributed by atoms with E-state index in [1.165, 1.54) is 18.9 Å². The molecule has 5 heteroatoms. The molecule has 0 saturated heterocycles. The molecule has 0 atom stereocenters. The van der Waals surface area contributed by atoms with Crippen LogP contribution in [0.15, 0.2) is 45.5 Å². The van der Waals surface area contributed by atoms with Crippen LogP contribution in [0.1, 0.15) is 21.7 Å². The molecule has 0 radical (unpaired) electrons. The summed E-state index contributed by atoms with van der Waals surface area (Å²) >= 11 is 3.43. The average Bonchev–Trinajstić information content (AvgIpc) is 2.87. The molecule has 0 aliphatic heterocycles. The van der Waals surface area contributed by atoms with Gasteiger partial charge in [-0.05, 0) is 23.8 Å². The van der Waals surface area contributed by atoms with Crippen LogP contribution >= 0.6 is 15.9 Å². The first-order valence-corrected chi connectivity index (χ1v) is 6.59. The first-order chi connectivity index (χ1) is 9.19. The molecule has 0 aliphatic carbocycles. The smallest absolute Gasteiger partial charge is 0.341 e. The highest BCUT2D eigenvalue weighted by molar-refractivity contribution is 9.10. The van der Waals surface area contributed by atoms with Crippen molar-refractivity contribution < 1.29 is 13.9 Å². The van der Waals surface area contributed by atoms with E-state index in [-0.39, 0.29) is 5.97 Å². The third-order valence-electron chi connectivity index (χ3n) is 2.59. The maximum Gasteiger partial charge on any atom is 0.341 e. The monoisotopic (exact) mass is 323 g/mol. The molecule has 0 bridgehead atoms. The van der Waals surface area contributed by atoms with Gasteiger partial charge in [-0.2, -0.15) is 0 Å². The number of carbonyl (C=O) groups is 1. The summed E-state index contributed by atoms with van der Waals surface area (Å²) in [6.07, 6.45) is 1.40. The van der Waals surface area contributed by atoms with Crippen molar-refractivity contribution in [3.05, 3.63) is 58.0 Å². The molecule has 0 fully saturated rings. The number of rotatable bonds is 5. The summed E-state index contributed by atoms with van der Waals surface area (Å²) in [5, 5.41) is 3.25. The lowest BCUT2D eigenvalue weighted by Gasteiger charge is -2.03. The number of carbonyl (C=O) groups excluding carboxylic acids is 1. The predicted molar refractivity (Wildman–Crippen MR) is 74.7 cm³/mol. The molecular formula is C14H14BrNO3. The minimum atomic E-state index is -0.387. The van der Waals surface area contributed by atoms with Crippen molar-refractivity contribution in [3.8, 4) is 0 Å². The van der Waals surface area contributed by atoms with Crippen molar-refractivity contribution in [2.75, 3.05) is 7.11 Å². The van der Waals surface area contributed by atoms with Gasteiger partial charge in [0.2, 0.25) is 0 Å². The first kappa shape index (κ1) is 13.8. The third-order valence-corrected chi connectivity index (χ3v) is 3.09. The molecule has 1 aromatic heterocycles. The van der Waals surface area contributed by atoms with Crippen molar-refractivity contribution in [2.24, 2.45) is 0 Å². The van der Waals surface area contributed by atoms with Crippen molar-refractivity contribution in [3.63, 3.8) is 0 Å². The van der Waals surface area contributed by atoms with Gasteiger partial charge >= 0.3 is 5.97 Å². The zero-order chi connectivity index (χ0) is 13.7. The van der Waals surface area contributed by atoms with E-state index in [4.69, 9.17) is 4.42 Å². The van der Waals surface area contributed by atoms with E-state index in [1.807, 2.05) is 18.2 Å². The molecule has 1 heterocycles. The number of furan rings is 1. The molecule has 0 unspecified atom stereocenters. The van der Waals surface area contributed by atoms with E-state index in [2.05, 4.69) is 32.0 Å². The van der Waals surface area contributed by atoms with E-state index >= 15 is 0 Å². The summed E-state index contributed by atoms with van der Waals surface area (Å²) in [7, 11) is 1.35. The first-order valence-electron chi connectivity index (χ1n) is 5.80. The molecule has 0 amide bonds. The second kappa shape index (κ2) is 6.54. The summed E-state index contributed by atoms with van der Waals surface area (Å²) in [5.41, 5.74) is 1.61. The Morgan fingerprint density at radius 1 is 1.37 bits per heavy atom. The van der Waals surface area contributed by atoms with E-state index < -0.39 is 0 Å². The molecule has 0 aliphatic rings. The molecule has 1 aromatic carbocycles. The van der Waals surface area contributed by atoms with Gasteiger partial charge in [0.25, 0.3) is 0 Å². The summed E-state index contributed by atoms with van der Waals surface area (Å²) in [6, 6.07) is 9.75. The van der Waals surface area contributed by atoms with Gasteiger partial charge < -0.3 is 14.5 Å². The van der Waals surface area contributed by atoms with Gasteiger partial charge in [-0.15, -0.1) is 0 Å². The van der Waals surface area contributed by atoms with Crippen molar-refractivity contribution in [2.45, 2.75) is 13.1 Å². The summed E-state index contributed by atoms with van der Waals surface area (Å²) < 4.78 is 10.9. The van der Waals surface area contributed by atoms with Gasteiger partial charge in [0.1, 0.15) is 12.0 Å². The molecule has 19 heavy (non-hydrogen) atoms. The van der Waals surface area contributed by atoms with Gasteiger partial charge in [-0.1, -0.05) is 28.1 Å². The van der Waals surface area contributed by atoms with Gasteiger partial charge in [0.15, 0.2) is 0 Å². The fraction of sp³-hybridized carbons (Fsp3) is 0.214. The van der Waals surface area contributed by atoms with Crippen LogP contribution in [-0.2, 0) is 17.8 Å². The Balaban J connectivity index is 1.86. The Kier molecular flexibility index (Phi) is 4.76. The van der Waals surface area contributed by atoms with Crippen molar-refractivity contribution in [1.29, 1.82) is 0 Å². The molecule has 2 rings (SSSR count). The summed E-state index contributed by atoms with van der Waals surface area (Å²) in [6.45, 7) is 1.29. The van der Waals surface area contributed by atoms with Crippen LogP contribution in [-0.4, -0.2) is 13.1 Å². The van der Waals surface area contributed by atoms with Crippen LogP contribution in [0.4, 0.5) is 0 Å². The number of hydrogen-bond donors (Lipinski definition) is 1. The lowest BCUT2D eigenvalue weighted by molar-refractivity contribution is 0.0600. The largest absolute Gasteiger partial charge is 0.467 e. The van der Waals surface area contributed by atoms with E-state index in [0.29, 0.717) is 17.9 Å². The Morgan fingerprint density at radius 2 is 2.21 bits per heavy atom. The highest BCUT2D eigenvalue weighted by atomic mass is 79.9. The molecule has 2 aromatic rings. The second-order valence-corrected chi connectivity index (χ2v) is 4.94. The quantitative estimate of drug-likeness (QED) is 0.859. The third kappa shape index (κ3) is 3.94. The van der Waals surface area contributed by atoms with Crippen LogP contribution in [0.3, 0.4) is 0 Å². The number of nitrogens with one attached hydrogen (secondary N) is 1. The van der Waals surface area contributed by atoms with Crippen LogP contribution in [0.25, 0.3) is 0 Å². The standard InChI is InChI=1S/C14H14BrNO3/c1-18-14(17)11-6-13(19-9-11)8-16-7-10-3-2-4-12(15)5-10/h2-6,9,16H,7-8H2,1H3. The lowest BCUT2D eigenvalue weighted by atomic mass is 10.2. The van der Waals surface area contributed by atoms with Gasteiger partial charge in [0.05, 0.1) is 19.2 Å². The van der Waals surface area contributed by atoms with Crippen LogP contribution in [0.5, 0.6) is 0 Å². The fourth-order valence-corrected chi connectivity index (χ4v) is 2.12. The number of benzene rings is 1. The highest BCUT2D eigenvalue weighted by Crippen LogP contribution is 2.12. The minimum absolute atomic E-state index is 0.387. The van der Waals surface area contributed by atoms with Crippen LogP contribution in [0.2, 0.25) is 0 Å². The minimum Gasteiger partial charge on any atom is -0.467 e. The number of hydrogen-bond acceptors (Lipinski definition) is 4. The normalized spacial score (nSPS) is 10.4. The molecular weight excluding hydrogens is 310 g/mol. The summed E-state index contributed by atoms with van der Waals surface area (Å²) in [4.78, 5) is 11.3. The average molecular weight is 324 g/mol. The maximum atomic E-state index is 11.3. The van der Waals surface area contributed by atoms with Crippen molar-refractivity contribution >= 4 is 21.9 Å². The van der Waals surface area contributed by atoms with E-state index in [1.54, 1.807) is 6.07 Å². The zero-order valence-electron chi connectivity index (χ0n) is 10.5. The molecule has 4 nitrogen and oxygen atoms in total. The molecule has 0 saturated carbocycles. The number of methoxy groups -OCH3 is 1. The molecule has 100 valence electrons. The lowest BCUT2D eigenvalue weighted by Crippen LogP contribution is -2.12. The maximum absolute atomic E-state index is 11.3. The number of ether oxygens (including phenoxy) is 1. The van der Waals surface area contributed by atoms with Crippen LogP contribution in [0, 0.1) is 0 Å². The van der Waals surface area contributed by atoms with Crippen LogP contribution < -0.4 is 5.32 Å². The fourth-order valence-electron chi connectivity index (χ4n) is 1.68. The zero-order valence-corrected chi connectivity index (χ0v) is 12.1. The van der Waals surface area contributed by atoms with E-state index in [9.17, 15) is 4.79 Å². The number of esters is 1. The SMILES string of the molecule is COC(=O)c1coc(CNCc2cccc(Br)c2)c1. The van der Waals surface area contributed by atoms with Gasteiger partial charge in [-0.3, -0.25) is 0 Å². The predicted octanol–water partition coefficient (Wildman–Crippen LogP) is 3.12. The Bertz CT molecular complexity index is 565. The molecule has 0 spiro atoms. The Morgan fingerprint density at radius 3 is 2.95 bits per heavy atom. The number of halogens is 1.